The zero-order valence-electron chi connectivity index (χ0n) is 14.2. The molecule has 24 heavy (non-hydrogen) atoms. The summed E-state index contributed by atoms with van der Waals surface area (Å²) in [7, 11) is 1.69. The fraction of sp³-hybridized carbons (Fsp3) is 0.471. The quantitative estimate of drug-likeness (QED) is 0.252. The number of guanidine groups is 1. The minimum Gasteiger partial charge on any atom is -0.385 e. The molecule has 1 heterocycles. The minimum absolute atomic E-state index is 0. The van der Waals surface area contributed by atoms with Gasteiger partial charge in [0.2, 0.25) is 0 Å². The molecule has 0 saturated heterocycles. The van der Waals surface area contributed by atoms with Gasteiger partial charge in [-0.25, -0.2) is 4.39 Å². The van der Waals surface area contributed by atoms with E-state index in [9.17, 15) is 4.39 Å². The van der Waals surface area contributed by atoms with E-state index in [0.29, 0.717) is 0 Å². The first-order valence-corrected chi connectivity index (χ1v) is 8.01. The highest BCUT2D eigenvalue weighted by Gasteiger charge is 2.05. The molecule has 0 atom stereocenters. The second kappa shape index (κ2) is 11.2. The molecular formula is C17H26FIN4O. The summed E-state index contributed by atoms with van der Waals surface area (Å²) in [5.74, 6) is 0.594. The third-order valence-corrected chi connectivity index (χ3v) is 3.54. The zero-order valence-corrected chi connectivity index (χ0v) is 16.5. The Hall–Kier alpha value is -1.35. The van der Waals surface area contributed by atoms with Gasteiger partial charge in [-0.2, -0.15) is 0 Å². The van der Waals surface area contributed by atoms with Crippen molar-refractivity contribution in [3.8, 4) is 0 Å². The maximum absolute atomic E-state index is 13.2. The number of methoxy groups -OCH3 is 1. The van der Waals surface area contributed by atoms with Gasteiger partial charge in [0, 0.05) is 50.5 Å². The zero-order chi connectivity index (χ0) is 16.5. The number of hydrogen-bond donors (Lipinski definition) is 3. The Kier molecular flexibility index (Phi) is 9.70. The van der Waals surface area contributed by atoms with Crippen molar-refractivity contribution in [2.75, 3.05) is 33.4 Å². The molecule has 0 unspecified atom stereocenters. The van der Waals surface area contributed by atoms with E-state index in [0.717, 1.165) is 55.9 Å². The summed E-state index contributed by atoms with van der Waals surface area (Å²) in [6.45, 7) is 5.08. The fourth-order valence-electron chi connectivity index (χ4n) is 2.42. The van der Waals surface area contributed by atoms with E-state index < -0.39 is 0 Å². The average molecular weight is 448 g/mol. The predicted molar refractivity (Wildman–Crippen MR) is 108 cm³/mol. The van der Waals surface area contributed by atoms with Crippen LogP contribution in [0.5, 0.6) is 0 Å². The summed E-state index contributed by atoms with van der Waals surface area (Å²) in [4.78, 5) is 7.61. The first kappa shape index (κ1) is 20.7. The lowest BCUT2D eigenvalue weighted by molar-refractivity contribution is 0.197. The van der Waals surface area contributed by atoms with Gasteiger partial charge in [0.05, 0.1) is 0 Å². The molecular weight excluding hydrogens is 422 g/mol. The van der Waals surface area contributed by atoms with E-state index in [1.807, 2.05) is 19.2 Å². The predicted octanol–water partition coefficient (Wildman–Crippen LogP) is 3.06. The van der Waals surface area contributed by atoms with Gasteiger partial charge in [0.25, 0.3) is 0 Å². The monoisotopic (exact) mass is 448 g/mol. The van der Waals surface area contributed by atoms with Gasteiger partial charge >= 0.3 is 0 Å². The van der Waals surface area contributed by atoms with Gasteiger partial charge in [-0.05, 0) is 43.5 Å². The van der Waals surface area contributed by atoms with Gasteiger partial charge in [-0.1, -0.05) is 0 Å². The van der Waals surface area contributed by atoms with Crippen LogP contribution in [0.3, 0.4) is 0 Å². The number of nitrogens with one attached hydrogen (secondary N) is 3. The van der Waals surface area contributed by atoms with Gasteiger partial charge in [0.1, 0.15) is 5.82 Å². The molecule has 0 radical (unpaired) electrons. The summed E-state index contributed by atoms with van der Waals surface area (Å²) < 4.78 is 18.2. The van der Waals surface area contributed by atoms with Crippen LogP contribution in [0.15, 0.2) is 29.4 Å². The highest BCUT2D eigenvalue weighted by atomic mass is 127. The van der Waals surface area contributed by atoms with Gasteiger partial charge in [0.15, 0.2) is 5.96 Å². The van der Waals surface area contributed by atoms with E-state index >= 15 is 0 Å². The Morgan fingerprint density at radius 1 is 1.33 bits per heavy atom. The number of aromatic nitrogens is 1. The van der Waals surface area contributed by atoms with Crippen molar-refractivity contribution >= 4 is 40.8 Å². The number of aromatic amines is 1. The largest absolute Gasteiger partial charge is 0.385 e. The molecule has 3 N–H and O–H groups in total. The smallest absolute Gasteiger partial charge is 0.191 e. The van der Waals surface area contributed by atoms with E-state index in [4.69, 9.17) is 4.74 Å². The second-order valence-electron chi connectivity index (χ2n) is 5.29. The maximum atomic E-state index is 13.2. The van der Waals surface area contributed by atoms with Crippen LogP contribution >= 0.6 is 24.0 Å². The lowest BCUT2D eigenvalue weighted by Crippen LogP contribution is -2.38. The first-order valence-electron chi connectivity index (χ1n) is 8.01. The molecule has 0 amide bonds. The van der Waals surface area contributed by atoms with Crippen LogP contribution < -0.4 is 10.6 Å². The molecule has 7 heteroatoms. The third kappa shape index (κ3) is 6.27. The van der Waals surface area contributed by atoms with Crippen LogP contribution in [0.1, 0.15) is 18.9 Å². The van der Waals surface area contributed by atoms with Crippen molar-refractivity contribution < 1.29 is 9.13 Å². The summed E-state index contributed by atoms with van der Waals surface area (Å²) in [5, 5.41) is 7.61. The van der Waals surface area contributed by atoms with Crippen molar-refractivity contribution in [3.05, 3.63) is 35.8 Å². The van der Waals surface area contributed by atoms with Crippen molar-refractivity contribution in [1.29, 1.82) is 0 Å². The Morgan fingerprint density at radius 2 is 2.17 bits per heavy atom. The maximum Gasteiger partial charge on any atom is 0.191 e. The van der Waals surface area contributed by atoms with Crippen molar-refractivity contribution in [3.63, 3.8) is 0 Å². The fourth-order valence-corrected chi connectivity index (χ4v) is 2.42. The average Bonchev–Trinajstić information content (AvgIpc) is 2.93. The number of rotatable bonds is 8. The highest BCUT2D eigenvalue weighted by Crippen LogP contribution is 2.19. The summed E-state index contributed by atoms with van der Waals surface area (Å²) in [6, 6.07) is 4.84. The van der Waals surface area contributed by atoms with E-state index in [2.05, 4.69) is 20.6 Å². The van der Waals surface area contributed by atoms with Crippen LogP contribution in [0.4, 0.5) is 4.39 Å². The van der Waals surface area contributed by atoms with Gasteiger partial charge in [-0.15, -0.1) is 24.0 Å². The van der Waals surface area contributed by atoms with Crippen LogP contribution in [-0.4, -0.2) is 44.3 Å². The number of aliphatic imine (C=N–C) groups is 1. The lowest BCUT2D eigenvalue weighted by Gasteiger charge is -2.11. The lowest BCUT2D eigenvalue weighted by atomic mass is 10.1. The number of hydrogen-bond acceptors (Lipinski definition) is 2. The highest BCUT2D eigenvalue weighted by molar-refractivity contribution is 14.0. The Labute approximate surface area is 159 Å². The molecule has 0 aliphatic rings. The van der Waals surface area contributed by atoms with Crippen LogP contribution in [-0.2, 0) is 11.2 Å². The topological polar surface area (TPSA) is 61.4 Å². The SMILES string of the molecule is CCNC(=NCCCOC)NCCc1c[nH]c2cc(F)ccc12.I. The third-order valence-electron chi connectivity index (χ3n) is 3.54. The molecule has 0 aliphatic carbocycles. The van der Waals surface area contributed by atoms with E-state index in [1.54, 1.807) is 7.11 Å². The van der Waals surface area contributed by atoms with Crippen molar-refractivity contribution in [2.45, 2.75) is 19.8 Å². The van der Waals surface area contributed by atoms with Gasteiger partial charge in [-0.3, -0.25) is 4.99 Å². The molecule has 0 saturated carbocycles. The van der Waals surface area contributed by atoms with Crippen LogP contribution in [0, 0.1) is 5.82 Å². The first-order chi connectivity index (χ1) is 11.2. The molecule has 0 spiro atoms. The number of nitrogens with zero attached hydrogens (tertiary/aromatic N) is 1. The minimum atomic E-state index is -0.221. The molecule has 2 aromatic rings. The number of benzene rings is 1. The molecule has 134 valence electrons. The molecule has 1 aromatic heterocycles. The number of H-pyrrole nitrogens is 1. The Morgan fingerprint density at radius 3 is 2.92 bits per heavy atom. The standard InChI is InChI=1S/C17H25FN4O.HI/c1-3-19-17(20-8-4-10-23-2)21-9-7-13-12-22-16-11-14(18)5-6-15(13)16;/h5-6,11-12,22H,3-4,7-10H2,1-2H3,(H2,19,20,21);1H. The molecule has 1 aromatic carbocycles. The van der Waals surface area contributed by atoms with Crippen molar-refractivity contribution in [1.82, 2.24) is 15.6 Å². The van der Waals surface area contributed by atoms with E-state index in [1.165, 1.54) is 17.7 Å². The molecule has 0 fully saturated rings. The summed E-state index contributed by atoms with van der Waals surface area (Å²) in [5.41, 5.74) is 2.00. The van der Waals surface area contributed by atoms with Gasteiger partial charge < -0.3 is 20.4 Å². The molecule has 2 rings (SSSR count). The summed E-state index contributed by atoms with van der Waals surface area (Å²) >= 11 is 0. The van der Waals surface area contributed by atoms with Crippen LogP contribution in [0.2, 0.25) is 0 Å². The number of fused-ring (bicyclic) bond motifs is 1. The number of halogens is 2. The Bertz CT molecular complexity index is 645. The summed E-state index contributed by atoms with van der Waals surface area (Å²) in [6.07, 6.45) is 3.68. The Balaban J connectivity index is 0.00000288. The molecule has 0 bridgehead atoms. The van der Waals surface area contributed by atoms with E-state index in [-0.39, 0.29) is 29.8 Å². The van der Waals surface area contributed by atoms with Crippen LogP contribution in [0.25, 0.3) is 10.9 Å². The normalized spacial score (nSPS) is 11.4. The van der Waals surface area contributed by atoms with Crippen molar-refractivity contribution in [2.24, 2.45) is 4.99 Å². The second-order valence-corrected chi connectivity index (χ2v) is 5.29. The molecule has 5 nitrogen and oxygen atoms in total. The number of ether oxygens (including phenoxy) is 1. The molecule has 0 aliphatic heterocycles.